The summed E-state index contributed by atoms with van der Waals surface area (Å²) < 4.78 is 155. The third-order valence-electron chi connectivity index (χ3n) is 13.4. The molecule has 0 saturated carbocycles. The van der Waals surface area contributed by atoms with Crippen LogP contribution in [0.1, 0.15) is 122 Å². The molecule has 0 fully saturated rings. The molecule has 0 radical (unpaired) electrons. The SMILES string of the molecule is [1H]C([1H])([2H])Sc1cc(OC)cc2c1CCCC2C.[1H][13C@]([2H])(C)Sc1ccccc1OC.[1H][13C]([2H])([2H])Sc1cc(OC)cc2ccc(C)cc12.[1H][C@@]([2H])(C)Sc1cc2c(cc1OC)CCC2.[1H][C@@]([2H])(C)Sc1ccccc1OC.[2H][13C]([2H])(C)Sc1cc(C)cc(OC)c1.[2H][13C]([2H])(C)Sc1cccc(OC)c1. The number of rotatable bonds is 19. The highest BCUT2D eigenvalue weighted by molar-refractivity contribution is 8.00. The molecular formula is C75H98O7S7. The number of ether oxygens (including phenoxy) is 7. The van der Waals surface area contributed by atoms with E-state index in [-0.39, 0.29) is 0 Å². The van der Waals surface area contributed by atoms with Crippen LogP contribution in [0, 0.1) is 13.8 Å². The number of hydrogen-bond acceptors (Lipinski definition) is 14. The molecule has 8 aromatic carbocycles. The summed E-state index contributed by atoms with van der Waals surface area (Å²) in [6.45, 7) is 13.9. The highest BCUT2D eigenvalue weighted by Crippen LogP contribution is 2.40. The molecule has 7 nitrogen and oxygen atoms in total. The molecule has 482 valence electrons. The average molecular weight is 1350 g/mol. The van der Waals surface area contributed by atoms with E-state index in [0.717, 1.165) is 170 Å². The van der Waals surface area contributed by atoms with E-state index >= 15 is 0 Å². The van der Waals surface area contributed by atoms with Crippen LogP contribution in [-0.2, 0) is 19.3 Å². The summed E-state index contributed by atoms with van der Waals surface area (Å²) in [5.74, 6) is 5.70. The molecule has 0 spiro atoms. The van der Waals surface area contributed by atoms with Gasteiger partial charge in [-0.15, -0.1) is 82.3 Å². The Morgan fingerprint density at radius 1 is 0.472 bits per heavy atom. The van der Waals surface area contributed by atoms with Gasteiger partial charge in [-0.05, 0) is 235 Å². The topological polar surface area (TPSA) is 64.6 Å². The Labute approximate surface area is 588 Å². The van der Waals surface area contributed by atoms with E-state index in [4.69, 9.17) is 55.1 Å². The molecule has 4 atom stereocenters. The van der Waals surface area contributed by atoms with Crippen molar-refractivity contribution in [2.45, 2.75) is 134 Å². The number of benzene rings is 8. The zero-order valence-corrected chi connectivity index (χ0v) is 59.6. The minimum Gasteiger partial charge on any atom is -0.497 e. The summed E-state index contributed by atoms with van der Waals surface area (Å²) in [6, 6.07) is 45.7. The molecular weight excluding hydrogens is 1240 g/mol. The summed E-state index contributed by atoms with van der Waals surface area (Å²) in [7, 11) is 11.2. The summed E-state index contributed by atoms with van der Waals surface area (Å²) in [5, 5.41) is 1.95. The lowest BCUT2D eigenvalue weighted by Gasteiger charge is -2.25. The maximum absolute atomic E-state index is 7.61. The normalized spacial score (nSPS) is 17.6. The van der Waals surface area contributed by atoms with Crippen molar-refractivity contribution in [1.29, 1.82) is 0 Å². The van der Waals surface area contributed by atoms with E-state index in [1.54, 1.807) is 69.7 Å². The summed E-state index contributed by atoms with van der Waals surface area (Å²) >= 11 is 7.78. The fourth-order valence-electron chi connectivity index (χ4n) is 9.26. The van der Waals surface area contributed by atoms with Crippen molar-refractivity contribution in [3.63, 3.8) is 0 Å². The van der Waals surface area contributed by atoms with Crippen molar-refractivity contribution in [2.24, 2.45) is 0 Å². The van der Waals surface area contributed by atoms with Crippen LogP contribution in [0.4, 0.5) is 0 Å². The Bertz CT molecular complexity index is 3950. The molecule has 89 heavy (non-hydrogen) atoms. The lowest BCUT2D eigenvalue weighted by molar-refractivity contribution is 0.404. The average Bonchev–Trinajstić information content (AvgIpc) is 1.76. The number of para-hydroxylation sites is 2. The van der Waals surface area contributed by atoms with Crippen LogP contribution in [0.2, 0.25) is 0 Å². The van der Waals surface area contributed by atoms with Crippen LogP contribution < -0.4 is 33.2 Å². The number of fused-ring (bicyclic) bond motifs is 3. The van der Waals surface area contributed by atoms with Gasteiger partial charge >= 0.3 is 0 Å². The fraction of sp³-hybridized carbons (Fsp3) is 0.387. The maximum atomic E-state index is 7.61. The lowest BCUT2D eigenvalue weighted by Crippen LogP contribution is -2.08. The first-order chi connectivity index (χ1) is 48.8. The van der Waals surface area contributed by atoms with Gasteiger partial charge in [0.05, 0.1) is 49.8 Å². The first-order valence-corrected chi connectivity index (χ1v) is 34.4. The molecule has 2 aliphatic carbocycles. The Morgan fingerprint density at radius 2 is 1.03 bits per heavy atom. The monoisotopic (exact) mass is 1350 g/mol. The fourth-order valence-corrected chi connectivity index (χ4v) is 13.4. The van der Waals surface area contributed by atoms with Crippen LogP contribution in [0.3, 0.4) is 0 Å². The van der Waals surface area contributed by atoms with E-state index < -0.39 is 40.9 Å². The zero-order chi connectivity index (χ0) is 78.9. The highest BCUT2D eigenvalue weighted by atomic mass is 32.2. The quantitative estimate of drug-likeness (QED) is 0.0570. The van der Waals surface area contributed by atoms with E-state index in [2.05, 4.69) is 25.1 Å². The maximum Gasteiger partial charge on any atom is 0.132 e. The third-order valence-corrected chi connectivity index (χ3v) is 18.2. The predicted octanol–water partition coefficient (Wildman–Crippen LogP) is 22.6. The van der Waals surface area contributed by atoms with E-state index in [1.165, 1.54) is 84.7 Å². The van der Waals surface area contributed by atoms with Crippen molar-refractivity contribution in [2.75, 3.05) is 90.7 Å². The number of thioether (sulfide) groups is 7. The number of aryl methyl sites for hydroxylation is 4. The second kappa shape index (κ2) is 43.8. The Morgan fingerprint density at radius 3 is 1.62 bits per heavy atom. The minimum atomic E-state index is -2.05. The van der Waals surface area contributed by atoms with E-state index in [1.807, 2.05) is 135 Å². The van der Waals surface area contributed by atoms with Crippen molar-refractivity contribution >= 4 is 93.1 Å². The van der Waals surface area contributed by atoms with Gasteiger partial charge in [0.15, 0.2) is 0 Å². The molecule has 14 heteroatoms. The molecule has 0 saturated heterocycles. The van der Waals surface area contributed by atoms with Crippen LogP contribution in [-0.4, -0.2) is 90.7 Å². The standard InChI is InChI=1S/C13H14OS.C13H18OS.C12H16OS.C10H14OS.3C9H12OS/c1-9-4-5-10-7-11(14-2)8-13(15-3)12(10)6-9;1-9-5-4-6-11-12(9)7-10(14-2)8-13(11)15-3;1-3-14-12-8-10-6-4-5-9(10)7-11(12)13-2;1-4-12-10-6-8(2)5-9(7-10)11-3;1-3-11-9-6-4-5-8(7-9)10-2;2*1-3-11-9-7-5-4-6-8(9)10-2/h4-8H,1-3H3;7-9H,4-6H2,1-3H3;7-8H,3-6H2,1-2H3;5-7H,4H2,1-3H3;3*4-7H,3H2,1-2H3/i3+1D2H;3DH2;3DH;4+1D2;3+1D2;3+1DH;3DH/t;;3-;;;2*3-/m..1..01/s1. The van der Waals surface area contributed by atoms with Gasteiger partial charge in [-0.3, -0.25) is 0 Å². The second-order valence-corrected chi connectivity index (χ2v) is 26.0. The zero-order valence-electron chi connectivity index (χ0n) is 69.9. The molecule has 10 rings (SSSR count). The van der Waals surface area contributed by atoms with Crippen LogP contribution in [0.25, 0.3) is 10.8 Å². The van der Waals surface area contributed by atoms with E-state index in [0.29, 0.717) is 11.7 Å². The van der Waals surface area contributed by atoms with Crippen LogP contribution in [0.15, 0.2) is 180 Å². The Hall–Kier alpha value is -4.93. The summed E-state index contributed by atoms with van der Waals surface area (Å²) in [6.07, 6.45) is 2.65. The van der Waals surface area contributed by atoms with Crippen molar-refractivity contribution < 1.29 is 55.1 Å². The first kappa shape index (κ1) is 54.6. The molecule has 2 aliphatic rings. The number of hydrogen-bond donors (Lipinski definition) is 0. The van der Waals surface area contributed by atoms with Gasteiger partial charge in [0, 0.05) is 56.2 Å². The number of methoxy groups -OCH3 is 7. The molecule has 0 aromatic heterocycles. The van der Waals surface area contributed by atoms with Gasteiger partial charge < -0.3 is 33.2 Å². The second-order valence-electron chi connectivity index (χ2n) is 19.4. The van der Waals surface area contributed by atoms with Crippen molar-refractivity contribution in [3.8, 4) is 40.2 Å². The molecule has 8 aromatic rings. The van der Waals surface area contributed by atoms with Gasteiger partial charge in [0.25, 0.3) is 0 Å². The molecule has 0 aliphatic heterocycles. The molecule has 0 bridgehead atoms. The molecule has 1 unspecified atom stereocenters. The smallest absolute Gasteiger partial charge is 0.132 e. The molecule has 0 heterocycles. The van der Waals surface area contributed by atoms with Crippen molar-refractivity contribution in [1.82, 2.24) is 0 Å². The molecule has 0 N–H and O–H groups in total. The van der Waals surface area contributed by atoms with Crippen LogP contribution in [0.5, 0.6) is 40.2 Å². The minimum absolute atomic E-state index is 0.486. The third kappa shape index (κ3) is 25.9. The first-order valence-electron chi connectivity index (χ1n) is 36.6. The summed E-state index contributed by atoms with van der Waals surface area (Å²) in [4.78, 5) is 5.94. The van der Waals surface area contributed by atoms with E-state index in [9.17, 15) is 0 Å². The Kier molecular flexibility index (Phi) is 26.9. The van der Waals surface area contributed by atoms with Gasteiger partial charge in [-0.25, -0.2) is 0 Å². The van der Waals surface area contributed by atoms with Crippen molar-refractivity contribution in [3.05, 3.63) is 179 Å². The largest absolute Gasteiger partial charge is 0.497 e. The van der Waals surface area contributed by atoms with Crippen LogP contribution >= 0.6 is 82.3 Å². The van der Waals surface area contributed by atoms with Gasteiger partial charge in [0.1, 0.15) is 40.2 Å². The Balaban J connectivity index is 0.000000260. The lowest BCUT2D eigenvalue weighted by atomic mass is 9.84. The van der Waals surface area contributed by atoms with Gasteiger partial charge in [0.2, 0.25) is 0 Å². The highest BCUT2D eigenvalue weighted by Gasteiger charge is 2.20. The predicted molar refractivity (Wildman–Crippen MR) is 397 cm³/mol. The van der Waals surface area contributed by atoms with Gasteiger partial charge in [-0.2, -0.15) is 0 Å². The van der Waals surface area contributed by atoms with Gasteiger partial charge in [-0.1, -0.05) is 95.6 Å². The molecule has 0 amide bonds. The summed E-state index contributed by atoms with van der Waals surface area (Å²) in [5.41, 5.74) is 1.07.